The number of benzene rings is 1. The number of hydrazone groups is 1. The Morgan fingerprint density at radius 1 is 1.33 bits per heavy atom. The number of nitrogens with one attached hydrogen (secondary N) is 1. The number of hydrogen-bond acceptors (Lipinski definition) is 7. The molecule has 1 N–H and O–H groups in total. The summed E-state index contributed by atoms with van der Waals surface area (Å²) >= 11 is 0. The molecule has 1 atom stereocenters. The van der Waals surface area contributed by atoms with Crippen molar-refractivity contribution < 1.29 is 19.2 Å². The maximum absolute atomic E-state index is 11.9. The van der Waals surface area contributed by atoms with Crippen LogP contribution in [0.25, 0.3) is 0 Å². The van der Waals surface area contributed by atoms with Crippen molar-refractivity contribution in [3.8, 4) is 0 Å². The summed E-state index contributed by atoms with van der Waals surface area (Å²) < 4.78 is 10.3. The second-order valence-corrected chi connectivity index (χ2v) is 5.62. The Bertz CT molecular complexity index is 724. The van der Waals surface area contributed by atoms with Gasteiger partial charge in [-0.2, -0.15) is 5.10 Å². The van der Waals surface area contributed by atoms with Crippen molar-refractivity contribution >= 4 is 17.6 Å². The van der Waals surface area contributed by atoms with E-state index in [9.17, 15) is 14.9 Å². The van der Waals surface area contributed by atoms with Gasteiger partial charge in [0.25, 0.3) is 5.69 Å². The highest BCUT2D eigenvalue weighted by Gasteiger charge is 2.34. The zero-order chi connectivity index (χ0) is 17.9. The van der Waals surface area contributed by atoms with E-state index in [0.29, 0.717) is 17.0 Å². The van der Waals surface area contributed by atoms with Gasteiger partial charge in [0.2, 0.25) is 0 Å². The fourth-order valence-corrected chi connectivity index (χ4v) is 2.40. The Kier molecular flexibility index (Phi) is 5.18. The molecule has 24 heavy (non-hydrogen) atoms. The quantitative estimate of drug-likeness (QED) is 0.514. The Hall–Kier alpha value is -2.90. The van der Waals surface area contributed by atoms with E-state index in [1.54, 1.807) is 45.9 Å². The van der Waals surface area contributed by atoms with Gasteiger partial charge < -0.3 is 9.47 Å². The first kappa shape index (κ1) is 17.5. The van der Waals surface area contributed by atoms with Crippen LogP contribution in [0.3, 0.4) is 0 Å². The Labute approximate surface area is 139 Å². The SMILES string of the molecule is CC1=NNC(C)=C(OC(=O)OC(C)C)C1c1ccccc1[N+](=O)[O-]. The number of carbonyl (C=O) groups is 1. The summed E-state index contributed by atoms with van der Waals surface area (Å²) in [6, 6.07) is 6.30. The molecular weight excluding hydrogens is 314 g/mol. The van der Waals surface area contributed by atoms with Crippen LogP contribution in [-0.2, 0) is 9.47 Å². The third-order valence-corrected chi connectivity index (χ3v) is 3.42. The minimum atomic E-state index is -0.862. The normalized spacial score (nSPS) is 17.2. The summed E-state index contributed by atoms with van der Waals surface area (Å²) in [6.07, 6.45) is -1.20. The van der Waals surface area contributed by atoms with Crippen molar-refractivity contribution in [2.75, 3.05) is 0 Å². The van der Waals surface area contributed by atoms with Gasteiger partial charge >= 0.3 is 6.16 Å². The van der Waals surface area contributed by atoms with Crippen LogP contribution >= 0.6 is 0 Å². The summed E-state index contributed by atoms with van der Waals surface area (Å²) in [7, 11) is 0. The van der Waals surface area contributed by atoms with Gasteiger partial charge in [-0.25, -0.2) is 4.79 Å². The van der Waals surface area contributed by atoms with Crippen molar-refractivity contribution in [2.24, 2.45) is 5.10 Å². The highest BCUT2D eigenvalue weighted by Crippen LogP contribution is 2.36. The summed E-state index contributed by atoms with van der Waals surface area (Å²) in [5.74, 6) is -0.407. The molecule has 1 heterocycles. The molecule has 0 radical (unpaired) electrons. The van der Waals surface area contributed by atoms with Crippen molar-refractivity contribution in [3.05, 3.63) is 51.4 Å². The monoisotopic (exact) mass is 333 g/mol. The molecule has 1 aromatic rings. The molecular formula is C16H19N3O5. The van der Waals surface area contributed by atoms with Gasteiger partial charge in [0.15, 0.2) is 0 Å². The Morgan fingerprint density at radius 2 is 2.00 bits per heavy atom. The van der Waals surface area contributed by atoms with Gasteiger partial charge in [0.05, 0.1) is 28.4 Å². The maximum Gasteiger partial charge on any atom is 0.513 e. The van der Waals surface area contributed by atoms with Gasteiger partial charge in [-0.05, 0) is 27.7 Å². The second kappa shape index (κ2) is 7.12. The lowest BCUT2D eigenvalue weighted by molar-refractivity contribution is -0.385. The Balaban J connectivity index is 2.45. The lowest BCUT2D eigenvalue weighted by Gasteiger charge is -2.26. The molecule has 128 valence electrons. The van der Waals surface area contributed by atoms with E-state index in [2.05, 4.69) is 10.5 Å². The molecule has 8 nitrogen and oxygen atoms in total. The van der Waals surface area contributed by atoms with Crippen LogP contribution in [-0.4, -0.2) is 22.9 Å². The molecule has 1 aromatic carbocycles. The molecule has 0 aromatic heterocycles. The number of para-hydroxylation sites is 1. The maximum atomic E-state index is 11.9. The average molecular weight is 333 g/mol. The van der Waals surface area contributed by atoms with Crippen LogP contribution in [0.5, 0.6) is 0 Å². The molecule has 0 aliphatic carbocycles. The average Bonchev–Trinajstić information content (AvgIpc) is 2.50. The van der Waals surface area contributed by atoms with Gasteiger partial charge in [-0.15, -0.1) is 0 Å². The number of nitrogens with zero attached hydrogens (tertiary/aromatic N) is 2. The number of nitro benzene ring substituents is 1. The summed E-state index contributed by atoms with van der Waals surface area (Å²) in [6.45, 7) is 6.79. The first-order chi connectivity index (χ1) is 11.3. The zero-order valence-corrected chi connectivity index (χ0v) is 13.9. The fourth-order valence-electron chi connectivity index (χ4n) is 2.40. The minimum absolute atomic E-state index is 0.0647. The molecule has 0 saturated heterocycles. The number of nitro groups is 1. The third kappa shape index (κ3) is 3.70. The van der Waals surface area contributed by atoms with E-state index in [4.69, 9.17) is 9.47 Å². The summed E-state index contributed by atoms with van der Waals surface area (Å²) in [4.78, 5) is 22.7. The summed E-state index contributed by atoms with van der Waals surface area (Å²) in [5, 5.41) is 15.5. The van der Waals surface area contributed by atoms with E-state index >= 15 is 0 Å². The molecule has 1 aliphatic heterocycles. The van der Waals surface area contributed by atoms with Crippen LogP contribution in [0.1, 0.15) is 39.2 Å². The number of rotatable bonds is 4. The standard InChI is InChI=1S/C16H19N3O5/c1-9(2)23-16(20)24-15-11(4)18-17-10(3)14(15)12-7-5-6-8-13(12)19(21)22/h5-9,14,18H,1-4H3. The predicted molar refractivity (Wildman–Crippen MR) is 87.5 cm³/mol. The van der Waals surface area contributed by atoms with Crippen LogP contribution in [0.15, 0.2) is 40.8 Å². The van der Waals surface area contributed by atoms with Crippen molar-refractivity contribution in [1.82, 2.24) is 5.43 Å². The summed E-state index contributed by atoms with van der Waals surface area (Å²) in [5.41, 5.74) is 4.12. The number of ether oxygens (including phenoxy) is 2. The lowest BCUT2D eigenvalue weighted by atomic mass is 9.90. The van der Waals surface area contributed by atoms with Crippen LogP contribution in [0, 0.1) is 10.1 Å². The van der Waals surface area contributed by atoms with E-state index in [-0.39, 0.29) is 17.6 Å². The van der Waals surface area contributed by atoms with Crippen molar-refractivity contribution in [1.29, 1.82) is 0 Å². The first-order valence-electron chi connectivity index (χ1n) is 7.44. The van der Waals surface area contributed by atoms with Crippen LogP contribution in [0.4, 0.5) is 10.5 Å². The molecule has 2 rings (SSSR count). The Morgan fingerprint density at radius 3 is 2.62 bits per heavy atom. The van der Waals surface area contributed by atoms with Crippen LogP contribution < -0.4 is 5.43 Å². The zero-order valence-electron chi connectivity index (χ0n) is 13.9. The van der Waals surface area contributed by atoms with E-state index in [1.807, 2.05) is 0 Å². The lowest BCUT2D eigenvalue weighted by Crippen LogP contribution is -2.28. The smallest absolute Gasteiger partial charge is 0.431 e. The molecule has 1 aliphatic rings. The van der Waals surface area contributed by atoms with E-state index < -0.39 is 17.0 Å². The second-order valence-electron chi connectivity index (χ2n) is 5.62. The van der Waals surface area contributed by atoms with Crippen molar-refractivity contribution in [3.63, 3.8) is 0 Å². The van der Waals surface area contributed by atoms with E-state index in [1.165, 1.54) is 6.07 Å². The molecule has 0 bridgehead atoms. The molecule has 0 amide bonds. The highest BCUT2D eigenvalue weighted by atomic mass is 16.7. The molecule has 0 fully saturated rings. The van der Waals surface area contributed by atoms with Gasteiger partial charge in [-0.3, -0.25) is 15.5 Å². The largest absolute Gasteiger partial charge is 0.513 e. The number of carbonyl (C=O) groups excluding carboxylic acids is 1. The molecule has 0 spiro atoms. The minimum Gasteiger partial charge on any atom is -0.431 e. The van der Waals surface area contributed by atoms with Gasteiger partial charge in [-0.1, -0.05) is 18.2 Å². The van der Waals surface area contributed by atoms with Crippen LogP contribution in [0.2, 0.25) is 0 Å². The first-order valence-corrected chi connectivity index (χ1v) is 7.44. The molecule has 8 heteroatoms. The highest BCUT2D eigenvalue weighted by molar-refractivity contribution is 5.93. The topological polar surface area (TPSA) is 103 Å². The molecule has 1 unspecified atom stereocenters. The van der Waals surface area contributed by atoms with Gasteiger partial charge in [0.1, 0.15) is 5.76 Å². The third-order valence-electron chi connectivity index (χ3n) is 3.42. The van der Waals surface area contributed by atoms with E-state index in [0.717, 1.165) is 0 Å². The van der Waals surface area contributed by atoms with Crippen molar-refractivity contribution in [2.45, 2.75) is 39.7 Å². The molecule has 0 saturated carbocycles. The number of allylic oxidation sites excluding steroid dienone is 2. The number of hydrogen-bond donors (Lipinski definition) is 1. The fraction of sp³-hybridized carbons (Fsp3) is 0.375. The predicted octanol–water partition coefficient (Wildman–Crippen LogP) is 3.45. The van der Waals surface area contributed by atoms with Gasteiger partial charge in [0, 0.05) is 11.6 Å².